The Hall–Kier alpha value is -0.230. The van der Waals surface area contributed by atoms with Gasteiger partial charge in [0.1, 0.15) is 6.10 Å². The zero-order chi connectivity index (χ0) is 18.1. The summed E-state index contributed by atoms with van der Waals surface area (Å²) in [5, 5.41) is 9.31. The van der Waals surface area contributed by atoms with Gasteiger partial charge < -0.3 is 19.6 Å². The molecule has 2 aliphatic rings. The van der Waals surface area contributed by atoms with E-state index in [4.69, 9.17) is 4.74 Å². The molecular weight excluding hydrogens is 387 g/mol. The van der Waals surface area contributed by atoms with Gasteiger partial charge in [0.25, 0.3) is 0 Å². The minimum Gasteiger partial charge on any atom is -0.450 e. The van der Waals surface area contributed by atoms with Crippen LogP contribution in [0.25, 0.3) is 0 Å². The first-order valence-electron chi connectivity index (χ1n) is 10.5. The van der Waals surface area contributed by atoms with Crippen LogP contribution in [-0.4, -0.2) is 66.4 Å². The number of ether oxygens (including phenoxy) is 1. The average molecular weight is 427 g/mol. The van der Waals surface area contributed by atoms with Crippen molar-refractivity contribution in [1.29, 1.82) is 0 Å². The first kappa shape index (κ1) is 26.8. The van der Waals surface area contributed by atoms with Gasteiger partial charge in [-0.15, -0.1) is 24.8 Å². The standard InChI is InChI=1S/C20H38N2O3.2ClH/c1-3-5-11-21-13-7-9-17(15-21)19(25-20(23)24)18-10-8-14-22(16-18)12-6-4-2;;/h17-19H,3-16H2,1-2H3,(H,23,24);2*1H. The Morgan fingerprint density at radius 2 is 1.41 bits per heavy atom. The molecule has 0 saturated carbocycles. The molecule has 162 valence electrons. The maximum absolute atomic E-state index is 11.4. The largest absolute Gasteiger partial charge is 0.506 e. The van der Waals surface area contributed by atoms with Gasteiger partial charge in [-0.3, -0.25) is 0 Å². The first-order chi connectivity index (χ1) is 12.1. The Bertz CT molecular complexity index is 373. The van der Waals surface area contributed by atoms with Crippen LogP contribution < -0.4 is 0 Å². The second kappa shape index (κ2) is 14.7. The number of unbranched alkanes of at least 4 members (excludes halogenated alkanes) is 2. The number of halogens is 2. The summed E-state index contributed by atoms with van der Waals surface area (Å²) in [6, 6.07) is 0. The Kier molecular flexibility index (Phi) is 14.6. The number of rotatable bonds is 9. The molecule has 2 atom stereocenters. The molecule has 27 heavy (non-hydrogen) atoms. The molecule has 1 N–H and O–H groups in total. The van der Waals surface area contributed by atoms with Gasteiger partial charge in [0.05, 0.1) is 0 Å². The molecule has 0 aliphatic carbocycles. The topological polar surface area (TPSA) is 53.0 Å². The van der Waals surface area contributed by atoms with E-state index in [2.05, 4.69) is 23.6 Å². The van der Waals surface area contributed by atoms with Crippen LogP contribution in [0.2, 0.25) is 0 Å². The van der Waals surface area contributed by atoms with Crippen molar-refractivity contribution in [3.8, 4) is 0 Å². The summed E-state index contributed by atoms with van der Waals surface area (Å²) in [7, 11) is 0. The van der Waals surface area contributed by atoms with Crippen molar-refractivity contribution in [2.75, 3.05) is 39.3 Å². The lowest BCUT2D eigenvalue weighted by Crippen LogP contribution is -2.49. The van der Waals surface area contributed by atoms with Crippen LogP contribution in [0.4, 0.5) is 4.79 Å². The van der Waals surface area contributed by atoms with Gasteiger partial charge >= 0.3 is 6.16 Å². The number of hydrogen-bond donors (Lipinski definition) is 1. The summed E-state index contributed by atoms with van der Waals surface area (Å²) in [6.45, 7) is 11.1. The fourth-order valence-electron chi connectivity index (χ4n) is 4.58. The number of likely N-dealkylation sites (tertiary alicyclic amines) is 2. The van der Waals surface area contributed by atoms with Gasteiger partial charge in [-0.25, -0.2) is 4.79 Å². The number of hydrogen-bond acceptors (Lipinski definition) is 4. The van der Waals surface area contributed by atoms with Crippen LogP contribution >= 0.6 is 24.8 Å². The molecule has 2 rings (SSSR count). The van der Waals surface area contributed by atoms with Gasteiger partial charge in [-0.2, -0.15) is 0 Å². The average Bonchev–Trinajstić information content (AvgIpc) is 2.63. The van der Waals surface area contributed by atoms with Crippen LogP contribution in [0.15, 0.2) is 0 Å². The number of nitrogens with zero attached hydrogens (tertiary/aromatic N) is 2. The van der Waals surface area contributed by atoms with Crippen molar-refractivity contribution in [3.05, 3.63) is 0 Å². The van der Waals surface area contributed by atoms with Crippen LogP contribution in [0, 0.1) is 11.8 Å². The lowest BCUT2D eigenvalue weighted by Gasteiger charge is -2.42. The van der Waals surface area contributed by atoms with Crippen molar-refractivity contribution in [3.63, 3.8) is 0 Å². The molecule has 0 aromatic heterocycles. The SMILES string of the molecule is CCCCN1CCCC(C(OC(=O)O)C2CCCN(CCCC)C2)C1.Cl.Cl. The van der Waals surface area contributed by atoms with E-state index >= 15 is 0 Å². The van der Waals surface area contributed by atoms with Gasteiger partial charge in [-0.1, -0.05) is 26.7 Å². The normalized spacial score (nSPS) is 25.1. The molecule has 2 unspecified atom stereocenters. The minimum absolute atomic E-state index is 0. The molecule has 2 fully saturated rings. The number of piperidine rings is 2. The molecule has 2 saturated heterocycles. The molecule has 7 heteroatoms. The molecule has 0 aromatic carbocycles. The zero-order valence-electron chi connectivity index (χ0n) is 17.1. The summed E-state index contributed by atoms with van der Waals surface area (Å²) < 4.78 is 5.50. The van der Waals surface area contributed by atoms with E-state index in [0.717, 1.165) is 52.1 Å². The summed E-state index contributed by atoms with van der Waals surface area (Å²) in [5.41, 5.74) is 0. The fourth-order valence-corrected chi connectivity index (χ4v) is 4.58. The second-order valence-electron chi connectivity index (χ2n) is 7.96. The highest BCUT2D eigenvalue weighted by atomic mass is 35.5. The number of carbonyl (C=O) groups is 1. The highest BCUT2D eigenvalue weighted by molar-refractivity contribution is 5.85. The van der Waals surface area contributed by atoms with Gasteiger partial charge in [0.2, 0.25) is 0 Å². The van der Waals surface area contributed by atoms with E-state index in [0.29, 0.717) is 11.8 Å². The summed E-state index contributed by atoms with van der Waals surface area (Å²) >= 11 is 0. The maximum Gasteiger partial charge on any atom is 0.506 e. The van der Waals surface area contributed by atoms with Crippen molar-refractivity contribution < 1.29 is 14.6 Å². The lowest BCUT2D eigenvalue weighted by atomic mass is 9.81. The van der Waals surface area contributed by atoms with Gasteiger partial charge in [0.15, 0.2) is 0 Å². The van der Waals surface area contributed by atoms with E-state index in [-0.39, 0.29) is 30.9 Å². The van der Waals surface area contributed by atoms with E-state index in [1.54, 1.807) is 0 Å². The maximum atomic E-state index is 11.4. The summed E-state index contributed by atoms with van der Waals surface area (Å²) in [6.07, 6.45) is 8.19. The molecular formula is C20H40Cl2N2O3. The number of carboxylic acid groups (broad SMARTS) is 1. The third kappa shape index (κ3) is 9.21. The summed E-state index contributed by atoms with van der Waals surface area (Å²) in [4.78, 5) is 16.4. The molecule has 0 aromatic rings. The third-order valence-corrected chi connectivity index (χ3v) is 5.91. The third-order valence-electron chi connectivity index (χ3n) is 5.91. The molecule has 0 spiro atoms. The highest BCUT2D eigenvalue weighted by Crippen LogP contribution is 2.31. The van der Waals surface area contributed by atoms with Crippen molar-refractivity contribution in [2.24, 2.45) is 11.8 Å². The summed E-state index contributed by atoms with van der Waals surface area (Å²) in [5.74, 6) is 0.718. The van der Waals surface area contributed by atoms with Crippen molar-refractivity contribution in [1.82, 2.24) is 9.80 Å². The highest BCUT2D eigenvalue weighted by Gasteiger charge is 2.37. The van der Waals surface area contributed by atoms with Crippen LogP contribution in [-0.2, 0) is 4.74 Å². The van der Waals surface area contributed by atoms with E-state index in [9.17, 15) is 9.90 Å². The van der Waals surface area contributed by atoms with Gasteiger partial charge in [0, 0.05) is 24.9 Å². The predicted molar refractivity (Wildman–Crippen MR) is 116 cm³/mol. The molecule has 0 bridgehead atoms. The first-order valence-corrected chi connectivity index (χ1v) is 10.5. The van der Waals surface area contributed by atoms with Crippen LogP contribution in [0.5, 0.6) is 0 Å². The molecule has 5 nitrogen and oxygen atoms in total. The zero-order valence-corrected chi connectivity index (χ0v) is 18.7. The Morgan fingerprint density at radius 1 is 0.963 bits per heavy atom. The van der Waals surface area contributed by atoms with Crippen LogP contribution in [0.3, 0.4) is 0 Å². The van der Waals surface area contributed by atoms with Crippen molar-refractivity contribution >= 4 is 31.0 Å². The molecule has 2 aliphatic heterocycles. The Morgan fingerprint density at radius 3 is 1.78 bits per heavy atom. The quantitative estimate of drug-likeness (QED) is 0.530. The molecule has 0 amide bonds. The Balaban J connectivity index is 0.00000338. The lowest BCUT2D eigenvalue weighted by molar-refractivity contribution is -0.0438. The fraction of sp³-hybridized carbons (Fsp3) is 0.950. The van der Waals surface area contributed by atoms with Crippen LogP contribution in [0.1, 0.15) is 65.2 Å². The molecule has 0 radical (unpaired) electrons. The minimum atomic E-state index is -1.10. The van der Waals surface area contributed by atoms with E-state index in [1.807, 2.05) is 0 Å². The predicted octanol–water partition coefficient (Wildman–Crippen LogP) is 4.92. The Labute approximate surface area is 178 Å². The van der Waals surface area contributed by atoms with Crippen molar-refractivity contribution in [2.45, 2.75) is 71.3 Å². The van der Waals surface area contributed by atoms with E-state index < -0.39 is 6.16 Å². The second-order valence-corrected chi connectivity index (χ2v) is 7.96. The van der Waals surface area contributed by atoms with Gasteiger partial charge in [-0.05, 0) is 64.7 Å². The van der Waals surface area contributed by atoms with E-state index in [1.165, 1.54) is 38.5 Å². The monoisotopic (exact) mass is 426 g/mol. The smallest absolute Gasteiger partial charge is 0.450 e. The molecule has 2 heterocycles.